The first kappa shape index (κ1) is 9.97. The molecule has 0 atom stereocenters. The number of amides is 2. The predicted octanol–water partition coefficient (Wildman–Crippen LogP) is -0.534. The van der Waals surface area contributed by atoms with E-state index in [-0.39, 0.29) is 16.8 Å². The lowest BCUT2D eigenvalue weighted by molar-refractivity contribution is 0.0988. The van der Waals surface area contributed by atoms with Crippen molar-refractivity contribution in [2.75, 3.05) is 0 Å². The molecule has 0 fully saturated rings. The summed E-state index contributed by atoms with van der Waals surface area (Å²) in [6.45, 7) is 0. The summed E-state index contributed by atoms with van der Waals surface area (Å²) in [7, 11) is 0. The second-order valence-corrected chi connectivity index (χ2v) is 3.18. The van der Waals surface area contributed by atoms with Gasteiger partial charge < -0.3 is 21.6 Å². The first-order valence-electron chi connectivity index (χ1n) is 4.31. The van der Waals surface area contributed by atoms with E-state index < -0.39 is 17.7 Å². The van der Waals surface area contributed by atoms with Gasteiger partial charge in [-0.05, 0) is 6.07 Å². The van der Waals surface area contributed by atoms with Gasteiger partial charge in [0.2, 0.25) is 5.88 Å². The van der Waals surface area contributed by atoms with Crippen LogP contribution in [0.4, 0.5) is 0 Å². The minimum absolute atomic E-state index is 0.132. The molecule has 0 aliphatic heterocycles. The number of rotatable bonds is 2. The van der Waals surface area contributed by atoms with Crippen molar-refractivity contribution >= 4 is 22.7 Å². The van der Waals surface area contributed by atoms with Crippen molar-refractivity contribution in [3.63, 3.8) is 0 Å². The lowest BCUT2D eigenvalue weighted by Gasteiger charge is -1.99. The minimum Gasteiger partial charge on any atom is -0.492 e. The van der Waals surface area contributed by atoms with Gasteiger partial charge in [0.25, 0.3) is 11.8 Å². The number of hydrogen-bond donors (Lipinski definition) is 4. The molecule has 16 heavy (non-hydrogen) atoms. The summed E-state index contributed by atoms with van der Waals surface area (Å²) in [6, 6.07) is 1.30. The normalized spacial score (nSPS) is 10.5. The van der Waals surface area contributed by atoms with Gasteiger partial charge in [-0.1, -0.05) is 0 Å². The Morgan fingerprint density at radius 2 is 2.00 bits per heavy atom. The molecule has 7 nitrogen and oxygen atoms in total. The second-order valence-electron chi connectivity index (χ2n) is 3.18. The third kappa shape index (κ3) is 1.34. The van der Waals surface area contributed by atoms with Crippen LogP contribution in [0.25, 0.3) is 10.9 Å². The van der Waals surface area contributed by atoms with E-state index in [1.54, 1.807) is 0 Å². The van der Waals surface area contributed by atoms with E-state index in [0.29, 0.717) is 5.39 Å². The average Bonchev–Trinajstić information content (AvgIpc) is 2.61. The highest BCUT2D eigenvalue weighted by Gasteiger charge is 2.15. The average molecular weight is 220 g/mol. The third-order valence-corrected chi connectivity index (χ3v) is 2.17. The maximum atomic E-state index is 11.1. The largest absolute Gasteiger partial charge is 0.492 e. The molecule has 0 saturated heterocycles. The molecule has 0 bridgehead atoms. The summed E-state index contributed by atoms with van der Waals surface area (Å²) in [5, 5.41) is 9.81. The molecule has 0 spiro atoms. The molecule has 0 aromatic carbocycles. The highest BCUT2D eigenvalue weighted by atomic mass is 16.3. The Balaban J connectivity index is 2.81. The van der Waals surface area contributed by atoms with Crippen LogP contribution in [0.3, 0.4) is 0 Å². The Labute approximate surface area is 89.1 Å². The van der Waals surface area contributed by atoms with E-state index in [1.807, 2.05) is 0 Å². The first-order chi connectivity index (χ1) is 7.50. The van der Waals surface area contributed by atoms with Gasteiger partial charge in [-0.25, -0.2) is 4.98 Å². The lowest BCUT2D eigenvalue weighted by atomic mass is 10.1. The summed E-state index contributed by atoms with van der Waals surface area (Å²) < 4.78 is 0. The number of nitrogens with one attached hydrogen (secondary N) is 1. The van der Waals surface area contributed by atoms with Gasteiger partial charge in [-0.2, -0.15) is 0 Å². The molecule has 7 heteroatoms. The SMILES string of the molecule is NC(=O)c1cc2c(C(N)=O)c[nH]c2c(O)n1. The number of nitrogens with zero attached hydrogens (tertiary/aromatic N) is 1. The summed E-state index contributed by atoms with van der Waals surface area (Å²) >= 11 is 0. The summed E-state index contributed by atoms with van der Waals surface area (Å²) in [5.41, 5.74) is 10.4. The lowest BCUT2D eigenvalue weighted by Crippen LogP contribution is -2.13. The summed E-state index contributed by atoms with van der Waals surface area (Å²) in [4.78, 5) is 28.2. The van der Waals surface area contributed by atoms with Crippen LogP contribution in [-0.2, 0) is 0 Å². The van der Waals surface area contributed by atoms with E-state index >= 15 is 0 Å². The summed E-state index contributed by atoms with van der Waals surface area (Å²) in [6.07, 6.45) is 1.33. The zero-order chi connectivity index (χ0) is 11.9. The van der Waals surface area contributed by atoms with E-state index in [2.05, 4.69) is 9.97 Å². The Bertz CT molecular complexity index is 602. The number of carbonyl (C=O) groups is 2. The highest BCUT2D eigenvalue weighted by Crippen LogP contribution is 2.25. The van der Waals surface area contributed by atoms with Crippen LogP contribution in [0.1, 0.15) is 20.8 Å². The molecule has 2 amide bonds. The molecular formula is C9H8N4O3. The van der Waals surface area contributed by atoms with Crippen molar-refractivity contribution in [1.29, 1.82) is 0 Å². The van der Waals surface area contributed by atoms with Crippen LogP contribution in [0.15, 0.2) is 12.3 Å². The Kier molecular flexibility index (Phi) is 2.01. The zero-order valence-electron chi connectivity index (χ0n) is 8.02. The molecule has 2 aromatic rings. The third-order valence-electron chi connectivity index (χ3n) is 2.17. The highest BCUT2D eigenvalue weighted by molar-refractivity contribution is 6.08. The van der Waals surface area contributed by atoms with Crippen molar-refractivity contribution in [3.8, 4) is 5.88 Å². The number of aromatic amines is 1. The quantitative estimate of drug-likeness (QED) is 0.540. The van der Waals surface area contributed by atoms with Crippen molar-refractivity contribution in [1.82, 2.24) is 9.97 Å². The number of pyridine rings is 1. The smallest absolute Gasteiger partial charge is 0.267 e. The van der Waals surface area contributed by atoms with Gasteiger partial charge in [0.05, 0.1) is 5.56 Å². The van der Waals surface area contributed by atoms with E-state index in [0.717, 1.165) is 0 Å². The Morgan fingerprint density at radius 1 is 1.31 bits per heavy atom. The Hall–Kier alpha value is -2.57. The monoisotopic (exact) mass is 220 g/mol. The zero-order valence-corrected chi connectivity index (χ0v) is 8.02. The van der Waals surface area contributed by atoms with Crippen LogP contribution in [0.5, 0.6) is 5.88 Å². The Morgan fingerprint density at radius 3 is 2.56 bits per heavy atom. The molecule has 0 saturated carbocycles. The van der Waals surface area contributed by atoms with Gasteiger partial charge in [-0.3, -0.25) is 9.59 Å². The minimum atomic E-state index is -0.797. The topological polar surface area (TPSA) is 135 Å². The fourth-order valence-electron chi connectivity index (χ4n) is 1.44. The number of hydrogen-bond acceptors (Lipinski definition) is 4. The maximum Gasteiger partial charge on any atom is 0.267 e. The molecule has 0 unspecified atom stereocenters. The number of aromatic nitrogens is 2. The van der Waals surface area contributed by atoms with Gasteiger partial charge in [0.15, 0.2) is 0 Å². The van der Waals surface area contributed by atoms with Crippen molar-refractivity contribution in [2.45, 2.75) is 0 Å². The van der Waals surface area contributed by atoms with Crippen LogP contribution >= 0.6 is 0 Å². The number of H-pyrrole nitrogens is 1. The fourth-order valence-corrected chi connectivity index (χ4v) is 1.44. The fraction of sp³-hybridized carbons (Fsp3) is 0. The second kappa shape index (κ2) is 3.23. The van der Waals surface area contributed by atoms with Gasteiger partial charge >= 0.3 is 0 Å². The molecule has 82 valence electrons. The van der Waals surface area contributed by atoms with Gasteiger partial charge in [0, 0.05) is 11.6 Å². The van der Waals surface area contributed by atoms with E-state index in [4.69, 9.17) is 11.5 Å². The molecule has 0 radical (unpaired) electrons. The van der Waals surface area contributed by atoms with Crippen LogP contribution in [0.2, 0.25) is 0 Å². The van der Waals surface area contributed by atoms with Crippen LogP contribution < -0.4 is 11.5 Å². The number of carbonyl (C=O) groups excluding carboxylic acids is 2. The number of primary amides is 2. The van der Waals surface area contributed by atoms with Crippen molar-refractivity contribution in [3.05, 3.63) is 23.5 Å². The molecule has 0 aliphatic carbocycles. The predicted molar refractivity (Wildman–Crippen MR) is 54.8 cm³/mol. The van der Waals surface area contributed by atoms with Crippen LogP contribution in [0, 0.1) is 0 Å². The van der Waals surface area contributed by atoms with Gasteiger partial charge in [-0.15, -0.1) is 0 Å². The molecule has 2 rings (SSSR count). The molecule has 0 aliphatic rings. The standard InChI is InChI=1S/C9H8N4O3/c10-7(14)4-2-12-6-3(4)1-5(8(11)15)13-9(6)16/h1-2,12H,(H2,10,14)(H2,11,15)(H,13,16). The van der Waals surface area contributed by atoms with Crippen molar-refractivity contribution < 1.29 is 14.7 Å². The number of aromatic hydroxyl groups is 1. The molecule has 6 N–H and O–H groups in total. The van der Waals surface area contributed by atoms with E-state index in [1.165, 1.54) is 12.3 Å². The molecular weight excluding hydrogens is 212 g/mol. The van der Waals surface area contributed by atoms with E-state index in [9.17, 15) is 14.7 Å². The molecule has 2 heterocycles. The maximum absolute atomic E-state index is 11.1. The summed E-state index contributed by atoms with van der Waals surface area (Å²) in [5.74, 6) is -1.88. The van der Waals surface area contributed by atoms with Crippen molar-refractivity contribution in [2.24, 2.45) is 11.5 Å². The number of nitrogens with two attached hydrogens (primary N) is 2. The number of fused-ring (bicyclic) bond motifs is 1. The van der Waals surface area contributed by atoms with Crippen LogP contribution in [-0.4, -0.2) is 26.9 Å². The first-order valence-corrected chi connectivity index (χ1v) is 4.31. The molecule has 2 aromatic heterocycles. The van der Waals surface area contributed by atoms with Gasteiger partial charge in [0.1, 0.15) is 11.2 Å².